The van der Waals surface area contributed by atoms with E-state index in [9.17, 15) is 0 Å². The van der Waals surface area contributed by atoms with Gasteiger partial charge in [0.25, 0.3) is 0 Å². The number of ether oxygens (including phenoxy) is 2. The molecule has 3 nitrogen and oxygen atoms in total. The van der Waals surface area contributed by atoms with E-state index in [1.807, 2.05) is 0 Å². The second kappa shape index (κ2) is 8.35. The van der Waals surface area contributed by atoms with Crippen LogP contribution >= 0.6 is 0 Å². The Morgan fingerprint density at radius 3 is 2.70 bits per heavy atom. The summed E-state index contributed by atoms with van der Waals surface area (Å²) in [6.07, 6.45) is 12.5. The summed E-state index contributed by atoms with van der Waals surface area (Å²) in [5.74, 6) is 0. The summed E-state index contributed by atoms with van der Waals surface area (Å²) in [5, 5.41) is 3.56. The summed E-state index contributed by atoms with van der Waals surface area (Å²) in [6, 6.07) is 0. The van der Waals surface area contributed by atoms with Crippen LogP contribution in [-0.2, 0) is 9.47 Å². The molecule has 0 aromatic rings. The molecule has 1 heterocycles. The van der Waals surface area contributed by atoms with Gasteiger partial charge in [0, 0.05) is 13.2 Å². The molecule has 1 atom stereocenters. The first kappa shape index (κ1) is 16.3. The van der Waals surface area contributed by atoms with Gasteiger partial charge in [0.05, 0.1) is 17.8 Å². The minimum absolute atomic E-state index is 0.274. The second-order valence-electron chi connectivity index (χ2n) is 6.85. The molecule has 0 bridgehead atoms. The molecule has 1 aliphatic heterocycles. The molecule has 20 heavy (non-hydrogen) atoms. The van der Waals surface area contributed by atoms with Gasteiger partial charge in [-0.15, -0.1) is 0 Å². The Morgan fingerprint density at radius 2 is 1.95 bits per heavy atom. The Balaban J connectivity index is 1.48. The lowest BCUT2D eigenvalue weighted by molar-refractivity contribution is -0.0623. The highest BCUT2D eigenvalue weighted by molar-refractivity contribution is 4.91. The summed E-state index contributed by atoms with van der Waals surface area (Å²) < 4.78 is 11.9. The zero-order valence-electron chi connectivity index (χ0n) is 13.5. The van der Waals surface area contributed by atoms with Crippen LogP contribution in [0, 0.1) is 0 Å². The van der Waals surface area contributed by atoms with E-state index in [0.717, 1.165) is 26.1 Å². The van der Waals surface area contributed by atoms with Gasteiger partial charge in [-0.05, 0) is 58.9 Å². The zero-order valence-corrected chi connectivity index (χ0v) is 13.5. The molecule has 2 rings (SSSR count). The third-order valence-electron chi connectivity index (χ3n) is 4.67. The van der Waals surface area contributed by atoms with Gasteiger partial charge in [0.1, 0.15) is 0 Å². The highest BCUT2D eigenvalue weighted by Crippen LogP contribution is 2.41. The van der Waals surface area contributed by atoms with Crippen molar-refractivity contribution in [1.29, 1.82) is 0 Å². The van der Waals surface area contributed by atoms with Crippen molar-refractivity contribution < 1.29 is 9.47 Å². The lowest BCUT2D eigenvalue weighted by Crippen LogP contribution is -2.34. The van der Waals surface area contributed by atoms with Crippen LogP contribution in [0.3, 0.4) is 0 Å². The van der Waals surface area contributed by atoms with Crippen molar-refractivity contribution in [3.05, 3.63) is 0 Å². The molecule has 1 saturated carbocycles. The molecular weight excluding hydrogens is 250 g/mol. The molecule has 2 fully saturated rings. The van der Waals surface area contributed by atoms with Gasteiger partial charge in [0.15, 0.2) is 0 Å². The van der Waals surface area contributed by atoms with Crippen LogP contribution in [0.1, 0.15) is 71.6 Å². The van der Waals surface area contributed by atoms with Gasteiger partial charge in [0.2, 0.25) is 0 Å². The average molecular weight is 283 g/mol. The van der Waals surface area contributed by atoms with Gasteiger partial charge in [-0.2, -0.15) is 0 Å². The molecule has 2 aliphatic rings. The maximum absolute atomic E-state index is 6.36. The standard InChI is InChI=1S/C17H33NO2/c1-15(2)19-13-7-6-12-18-14-16-8-11-17(20-16)9-4-3-5-10-17/h15-16,18H,3-14H2,1-2H3. The number of rotatable bonds is 8. The fourth-order valence-corrected chi connectivity index (χ4v) is 3.54. The first-order chi connectivity index (χ1) is 9.70. The fraction of sp³-hybridized carbons (Fsp3) is 1.00. The van der Waals surface area contributed by atoms with E-state index in [1.54, 1.807) is 0 Å². The molecule has 0 radical (unpaired) electrons. The minimum Gasteiger partial charge on any atom is -0.379 e. The maximum atomic E-state index is 6.36. The second-order valence-corrected chi connectivity index (χ2v) is 6.85. The van der Waals surface area contributed by atoms with Crippen LogP contribution in [0.25, 0.3) is 0 Å². The molecular formula is C17H33NO2. The average Bonchev–Trinajstić information content (AvgIpc) is 2.81. The molecule has 1 spiro atoms. The Hall–Kier alpha value is -0.120. The highest BCUT2D eigenvalue weighted by atomic mass is 16.5. The number of unbranched alkanes of at least 4 members (excludes halogenated alkanes) is 1. The summed E-state index contributed by atoms with van der Waals surface area (Å²) >= 11 is 0. The SMILES string of the molecule is CC(C)OCCCCNCC1CCC2(CCCCC2)O1. The Bertz CT molecular complexity index is 262. The van der Waals surface area contributed by atoms with Gasteiger partial charge in [-0.1, -0.05) is 19.3 Å². The van der Waals surface area contributed by atoms with E-state index in [2.05, 4.69) is 19.2 Å². The molecule has 118 valence electrons. The normalized spacial score (nSPS) is 25.6. The van der Waals surface area contributed by atoms with Crippen molar-refractivity contribution in [3.8, 4) is 0 Å². The van der Waals surface area contributed by atoms with Crippen LogP contribution in [0.15, 0.2) is 0 Å². The Morgan fingerprint density at radius 1 is 1.15 bits per heavy atom. The molecule has 0 aromatic heterocycles. The van der Waals surface area contributed by atoms with Gasteiger partial charge in [-0.3, -0.25) is 0 Å². The van der Waals surface area contributed by atoms with Gasteiger partial charge >= 0.3 is 0 Å². The van der Waals surface area contributed by atoms with Gasteiger partial charge < -0.3 is 14.8 Å². The van der Waals surface area contributed by atoms with E-state index in [-0.39, 0.29) is 5.60 Å². The van der Waals surface area contributed by atoms with E-state index in [4.69, 9.17) is 9.47 Å². The quantitative estimate of drug-likeness (QED) is 0.690. The van der Waals surface area contributed by atoms with E-state index in [1.165, 1.54) is 51.4 Å². The van der Waals surface area contributed by atoms with Crippen molar-refractivity contribution in [3.63, 3.8) is 0 Å². The van der Waals surface area contributed by atoms with Crippen molar-refractivity contribution in [1.82, 2.24) is 5.32 Å². The van der Waals surface area contributed by atoms with Crippen LogP contribution in [0.2, 0.25) is 0 Å². The number of hydrogen-bond donors (Lipinski definition) is 1. The molecule has 1 aliphatic carbocycles. The molecule has 0 aromatic carbocycles. The lowest BCUT2D eigenvalue weighted by atomic mass is 9.83. The first-order valence-corrected chi connectivity index (χ1v) is 8.70. The monoisotopic (exact) mass is 283 g/mol. The number of nitrogens with one attached hydrogen (secondary N) is 1. The largest absolute Gasteiger partial charge is 0.379 e. The maximum Gasteiger partial charge on any atom is 0.0708 e. The zero-order chi connectivity index (χ0) is 14.3. The topological polar surface area (TPSA) is 30.5 Å². The highest BCUT2D eigenvalue weighted by Gasteiger charge is 2.40. The fourth-order valence-electron chi connectivity index (χ4n) is 3.54. The van der Waals surface area contributed by atoms with Crippen molar-refractivity contribution in [2.24, 2.45) is 0 Å². The molecule has 1 unspecified atom stereocenters. The smallest absolute Gasteiger partial charge is 0.0708 e. The van der Waals surface area contributed by atoms with Crippen LogP contribution in [-0.4, -0.2) is 37.5 Å². The molecule has 1 saturated heterocycles. The third kappa shape index (κ3) is 5.34. The lowest BCUT2D eigenvalue weighted by Gasteiger charge is -2.33. The summed E-state index contributed by atoms with van der Waals surface area (Å²) in [5.41, 5.74) is 0.274. The first-order valence-electron chi connectivity index (χ1n) is 8.70. The summed E-state index contributed by atoms with van der Waals surface area (Å²) in [4.78, 5) is 0. The minimum atomic E-state index is 0.274. The van der Waals surface area contributed by atoms with E-state index >= 15 is 0 Å². The molecule has 1 N–H and O–H groups in total. The third-order valence-corrected chi connectivity index (χ3v) is 4.67. The molecule has 0 amide bonds. The van der Waals surface area contributed by atoms with Crippen LogP contribution < -0.4 is 5.32 Å². The predicted molar refractivity (Wildman–Crippen MR) is 83.1 cm³/mol. The van der Waals surface area contributed by atoms with Crippen molar-refractivity contribution in [2.45, 2.75) is 89.4 Å². The predicted octanol–water partition coefficient (Wildman–Crippen LogP) is 3.66. The van der Waals surface area contributed by atoms with Crippen molar-refractivity contribution >= 4 is 0 Å². The van der Waals surface area contributed by atoms with E-state index in [0.29, 0.717) is 12.2 Å². The van der Waals surface area contributed by atoms with Gasteiger partial charge in [-0.25, -0.2) is 0 Å². The van der Waals surface area contributed by atoms with E-state index < -0.39 is 0 Å². The molecule has 3 heteroatoms. The summed E-state index contributed by atoms with van der Waals surface area (Å²) in [7, 11) is 0. The van der Waals surface area contributed by atoms with Crippen molar-refractivity contribution in [2.75, 3.05) is 19.7 Å². The Labute approximate surface area is 124 Å². The Kier molecular flexibility index (Phi) is 6.79. The van der Waals surface area contributed by atoms with Crippen LogP contribution in [0.4, 0.5) is 0 Å². The summed E-state index contributed by atoms with van der Waals surface area (Å²) in [6.45, 7) is 7.21. The van der Waals surface area contributed by atoms with Crippen LogP contribution in [0.5, 0.6) is 0 Å². The number of hydrogen-bond acceptors (Lipinski definition) is 3.